The number of carbonyl (C=O) groups excluding carboxylic acids is 1. The van der Waals surface area contributed by atoms with E-state index in [0.29, 0.717) is 18.7 Å². The molecule has 2 aromatic rings. The topological polar surface area (TPSA) is 73.2 Å². The lowest BCUT2D eigenvalue weighted by molar-refractivity contribution is -0.144. The number of methoxy groups -OCH3 is 1. The number of aromatic nitrogens is 2. The van der Waals surface area contributed by atoms with E-state index in [1.54, 1.807) is 0 Å². The summed E-state index contributed by atoms with van der Waals surface area (Å²) in [4.78, 5) is 29.2. The number of nitrogens with one attached hydrogen (secondary N) is 1. The second-order valence-electron chi connectivity index (χ2n) is 6.76. The lowest BCUT2D eigenvalue weighted by Crippen LogP contribution is -2.31. The highest BCUT2D eigenvalue weighted by Crippen LogP contribution is 2.38. The Balaban J connectivity index is 1.94. The van der Waals surface area contributed by atoms with Gasteiger partial charge < -0.3 is 10.1 Å². The molecule has 0 bridgehead atoms. The average molecular weight is 376 g/mol. The number of nitrogens with zero attached hydrogens (tertiary/aromatic N) is 2. The number of fused-ring (bicyclic) bond motifs is 1. The van der Waals surface area contributed by atoms with E-state index in [1.807, 2.05) is 26.0 Å². The summed E-state index contributed by atoms with van der Waals surface area (Å²) in [6.07, 6.45) is 0.476. The van der Waals surface area contributed by atoms with Gasteiger partial charge in [-0.1, -0.05) is 36.7 Å². The molecule has 1 N–H and O–H groups in total. The smallest absolute Gasteiger partial charge is 0.328 e. The molecule has 7 heteroatoms. The number of anilines is 1. The van der Waals surface area contributed by atoms with Gasteiger partial charge in [0.25, 0.3) is 5.56 Å². The van der Waals surface area contributed by atoms with Crippen LogP contribution >= 0.6 is 11.6 Å². The van der Waals surface area contributed by atoms with Gasteiger partial charge in [-0.25, -0.2) is 9.78 Å². The Morgan fingerprint density at radius 3 is 2.77 bits per heavy atom. The van der Waals surface area contributed by atoms with Crippen LogP contribution in [0.25, 0.3) is 0 Å². The first-order valence-corrected chi connectivity index (χ1v) is 8.91. The molecule has 0 amide bonds. The highest BCUT2D eigenvalue weighted by Gasteiger charge is 2.37. The van der Waals surface area contributed by atoms with Crippen molar-refractivity contribution in [3.05, 3.63) is 56.1 Å². The van der Waals surface area contributed by atoms with Crippen LogP contribution in [0.5, 0.6) is 0 Å². The third kappa shape index (κ3) is 3.21. The molecule has 0 radical (unpaired) electrons. The van der Waals surface area contributed by atoms with Gasteiger partial charge in [-0.05, 0) is 37.0 Å². The average Bonchev–Trinajstić information content (AvgIpc) is 2.97. The van der Waals surface area contributed by atoms with E-state index < -0.39 is 12.0 Å². The number of hydrogen-bond acceptors (Lipinski definition) is 5. The lowest BCUT2D eigenvalue weighted by Gasteiger charge is -2.15. The molecule has 138 valence electrons. The molecule has 3 rings (SSSR count). The van der Waals surface area contributed by atoms with Crippen LogP contribution in [0, 0.1) is 13.8 Å². The van der Waals surface area contributed by atoms with Gasteiger partial charge in [0, 0.05) is 12.5 Å². The highest BCUT2D eigenvalue weighted by atomic mass is 35.5. The quantitative estimate of drug-likeness (QED) is 0.829. The van der Waals surface area contributed by atoms with Gasteiger partial charge >= 0.3 is 5.97 Å². The fraction of sp³-hybridized carbons (Fsp3) is 0.421. The maximum atomic E-state index is 12.9. The van der Waals surface area contributed by atoms with Crippen molar-refractivity contribution >= 4 is 23.4 Å². The molecule has 6 nitrogen and oxygen atoms in total. The Labute approximate surface area is 157 Å². The van der Waals surface area contributed by atoms with Gasteiger partial charge in [-0.3, -0.25) is 9.36 Å². The van der Waals surface area contributed by atoms with Crippen molar-refractivity contribution in [2.75, 3.05) is 12.4 Å². The molecule has 0 unspecified atom stereocenters. The number of carbonyl (C=O) groups is 1. The molecule has 1 aromatic heterocycles. The molecule has 0 saturated carbocycles. The predicted octanol–water partition coefficient (Wildman–Crippen LogP) is 3.35. The minimum Gasteiger partial charge on any atom is -0.467 e. The van der Waals surface area contributed by atoms with Gasteiger partial charge in [0.05, 0.1) is 12.8 Å². The van der Waals surface area contributed by atoms with Crippen LogP contribution in [0.4, 0.5) is 5.82 Å². The van der Waals surface area contributed by atoms with Crippen LogP contribution in [0.15, 0.2) is 23.0 Å². The molecule has 0 spiro atoms. The van der Waals surface area contributed by atoms with E-state index in [-0.39, 0.29) is 22.4 Å². The fourth-order valence-electron chi connectivity index (χ4n) is 3.38. The molecule has 26 heavy (non-hydrogen) atoms. The minimum atomic E-state index is -0.667. The number of halogens is 1. The molecule has 0 saturated heterocycles. The van der Waals surface area contributed by atoms with Crippen LogP contribution in [0.1, 0.15) is 47.7 Å². The summed E-state index contributed by atoms with van der Waals surface area (Å²) < 4.78 is 6.27. The van der Waals surface area contributed by atoms with Crippen LogP contribution in [-0.2, 0) is 16.1 Å². The number of hydrogen-bond donors (Lipinski definition) is 1. The van der Waals surface area contributed by atoms with Crippen LogP contribution in [0.2, 0.25) is 5.15 Å². The molecule has 1 aliphatic heterocycles. The number of benzene rings is 1. The van der Waals surface area contributed by atoms with Crippen molar-refractivity contribution in [3.8, 4) is 0 Å². The molecular weight excluding hydrogens is 354 g/mol. The third-order valence-electron chi connectivity index (χ3n) is 4.96. The molecule has 1 aromatic carbocycles. The minimum absolute atomic E-state index is 0.0411. The Morgan fingerprint density at radius 1 is 1.38 bits per heavy atom. The zero-order valence-corrected chi connectivity index (χ0v) is 16.1. The first-order chi connectivity index (χ1) is 12.3. The zero-order valence-electron chi connectivity index (χ0n) is 15.3. The number of aryl methyl sites for hydroxylation is 2. The van der Waals surface area contributed by atoms with Crippen LogP contribution in [0.3, 0.4) is 0 Å². The van der Waals surface area contributed by atoms with Crippen LogP contribution < -0.4 is 10.9 Å². The van der Waals surface area contributed by atoms with Crippen molar-refractivity contribution in [2.45, 2.75) is 45.7 Å². The largest absolute Gasteiger partial charge is 0.467 e. The Morgan fingerprint density at radius 2 is 2.12 bits per heavy atom. The highest BCUT2D eigenvalue weighted by molar-refractivity contribution is 6.30. The second-order valence-corrected chi connectivity index (χ2v) is 7.12. The molecule has 0 aliphatic carbocycles. The number of rotatable bonds is 4. The standard InChI is InChI=1S/C19H22ClN3O3/c1-10-5-6-13(7-11(10)2)9-21-17-18(24)23-14(19(25)26-4)8-12(3)15(23)16(20)22-17/h5-7,12,14H,8-9H2,1-4H3,(H,21,22)/t12-,14+/m1/s1. The van der Waals surface area contributed by atoms with E-state index in [2.05, 4.69) is 23.3 Å². The van der Waals surface area contributed by atoms with Crippen molar-refractivity contribution in [2.24, 2.45) is 0 Å². The van der Waals surface area contributed by atoms with Gasteiger partial charge in [0.1, 0.15) is 6.04 Å². The maximum absolute atomic E-state index is 12.9. The first kappa shape index (κ1) is 18.5. The molecular formula is C19H22ClN3O3. The lowest BCUT2D eigenvalue weighted by atomic mass is 10.1. The fourth-order valence-corrected chi connectivity index (χ4v) is 3.74. The van der Waals surface area contributed by atoms with E-state index in [1.165, 1.54) is 22.8 Å². The van der Waals surface area contributed by atoms with E-state index in [4.69, 9.17) is 16.3 Å². The van der Waals surface area contributed by atoms with Crippen molar-refractivity contribution in [1.29, 1.82) is 0 Å². The SMILES string of the molecule is COC(=O)[C@@H]1C[C@@H](C)c2c(Cl)nc(NCc3ccc(C)c(C)c3)c(=O)n21. The third-order valence-corrected chi connectivity index (χ3v) is 5.24. The first-order valence-electron chi connectivity index (χ1n) is 8.53. The summed E-state index contributed by atoms with van der Waals surface area (Å²) in [5.74, 6) is -0.347. The second kappa shape index (κ2) is 7.11. The summed E-state index contributed by atoms with van der Waals surface area (Å²) >= 11 is 6.32. The molecule has 1 aliphatic rings. The van der Waals surface area contributed by atoms with E-state index >= 15 is 0 Å². The normalized spacial score (nSPS) is 18.5. The summed E-state index contributed by atoms with van der Waals surface area (Å²) in [7, 11) is 1.32. The van der Waals surface area contributed by atoms with Gasteiger partial charge in [-0.15, -0.1) is 0 Å². The number of esters is 1. The van der Waals surface area contributed by atoms with Crippen molar-refractivity contribution < 1.29 is 9.53 Å². The van der Waals surface area contributed by atoms with Crippen molar-refractivity contribution in [1.82, 2.24) is 9.55 Å². The summed E-state index contributed by atoms with van der Waals surface area (Å²) in [6, 6.07) is 5.44. The van der Waals surface area contributed by atoms with E-state index in [0.717, 1.165) is 5.56 Å². The Kier molecular flexibility index (Phi) is 5.05. The predicted molar refractivity (Wildman–Crippen MR) is 101 cm³/mol. The summed E-state index contributed by atoms with van der Waals surface area (Å²) in [5.41, 5.74) is 3.66. The van der Waals surface area contributed by atoms with Gasteiger partial charge in [0.2, 0.25) is 0 Å². The molecule has 2 atom stereocenters. The zero-order chi connectivity index (χ0) is 19.0. The summed E-state index contributed by atoms with van der Waals surface area (Å²) in [6.45, 7) is 6.46. The van der Waals surface area contributed by atoms with E-state index in [9.17, 15) is 9.59 Å². The van der Waals surface area contributed by atoms with Gasteiger partial charge in [0.15, 0.2) is 11.0 Å². The summed E-state index contributed by atoms with van der Waals surface area (Å²) in [5, 5.41) is 3.30. The monoisotopic (exact) mass is 375 g/mol. The van der Waals surface area contributed by atoms with Crippen LogP contribution in [-0.4, -0.2) is 22.6 Å². The maximum Gasteiger partial charge on any atom is 0.328 e. The Bertz CT molecular complexity index is 923. The molecule has 2 heterocycles. The number of ether oxygens (including phenoxy) is 1. The van der Waals surface area contributed by atoms with Crippen molar-refractivity contribution in [3.63, 3.8) is 0 Å². The van der Waals surface area contributed by atoms with Gasteiger partial charge in [-0.2, -0.15) is 0 Å². The Hall–Kier alpha value is -2.34. The molecule has 0 fully saturated rings.